The van der Waals surface area contributed by atoms with Crippen molar-refractivity contribution in [2.75, 3.05) is 20.6 Å². The first-order valence-electron chi connectivity index (χ1n) is 7.06. The summed E-state index contributed by atoms with van der Waals surface area (Å²) < 4.78 is 0. The summed E-state index contributed by atoms with van der Waals surface area (Å²) in [4.78, 5) is 30.0. The van der Waals surface area contributed by atoms with Gasteiger partial charge in [-0.05, 0) is 18.9 Å². The normalized spacial score (nSPS) is 21.7. The Hall–Kier alpha value is -2.01. The molecule has 1 amide bonds. The molecule has 1 N–H and O–H groups in total. The minimum Gasteiger partial charge on any atom is -0.369 e. The number of amides is 1. The third-order valence-corrected chi connectivity index (χ3v) is 3.63. The Balaban J connectivity index is 2.01. The molecular weight excluding hydrogens is 266 g/mol. The number of nitrogens with one attached hydrogen (secondary N) is 1. The smallest absolute Gasteiger partial charge is 0.264 e. The van der Waals surface area contributed by atoms with E-state index in [9.17, 15) is 9.59 Å². The van der Waals surface area contributed by atoms with E-state index in [0.717, 1.165) is 11.1 Å². The molecule has 1 aliphatic rings. The average molecular weight is 287 g/mol. The lowest BCUT2D eigenvalue weighted by atomic mass is 9.92. The molecule has 1 saturated heterocycles. The first-order chi connectivity index (χ1) is 9.99. The molecule has 1 heterocycles. The number of hydrogen-bond acceptors (Lipinski definition) is 3. The standard InChI is InChI=1S/C16H21N3O2/c1-11-6-4-5-7-13(11)15(20)12-8-14(17-9-12)16(21)18-10-19(2)3/h4-7,10,12,14,17H,8-9H2,1-3H3. The van der Waals surface area contributed by atoms with Crippen molar-refractivity contribution in [3.05, 3.63) is 35.4 Å². The third-order valence-electron chi connectivity index (χ3n) is 3.63. The van der Waals surface area contributed by atoms with E-state index in [-0.39, 0.29) is 23.7 Å². The molecule has 2 rings (SSSR count). The molecule has 0 bridgehead atoms. The number of carbonyl (C=O) groups excluding carboxylic acids is 2. The van der Waals surface area contributed by atoms with Gasteiger partial charge in [0.15, 0.2) is 5.78 Å². The summed E-state index contributed by atoms with van der Waals surface area (Å²) in [6.07, 6.45) is 2.00. The quantitative estimate of drug-likeness (QED) is 0.515. The Bertz CT molecular complexity index is 566. The van der Waals surface area contributed by atoms with Crippen molar-refractivity contribution in [1.29, 1.82) is 0 Å². The lowest BCUT2D eigenvalue weighted by Crippen LogP contribution is -2.30. The highest BCUT2D eigenvalue weighted by atomic mass is 16.2. The minimum atomic E-state index is -0.362. The maximum absolute atomic E-state index is 12.5. The van der Waals surface area contributed by atoms with E-state index in [4.69, 9.17) is 0 Å². The molecule has 5 heteroatoms. The molecule has 1 fully saturated rings. The van der Waals surface area contributed by atoms with Gasteiger partial charge >= 0.3 is 0 Å². The van der Waals surface area contributed by atoms with Crippen LogP contribution < -0.4 is 5.32 Å². The van der Waals surface area contributed by atoms with E-state index < -0.39 is 0 Å². The van der Waals surface area contributed by atoms with Crippen LogP contribution in [0, 0.1) is 12.8 Å². The van der Waals surface area contributed by atoms with Crippen molar-refractivity contribution in [2.24, 2.45) is 10.9 Å². The predicted molar refractivity (Wildman–Crippen MR) is 82.6 cm³/mol. The second-order valence-corrected chi connectivity index (χ2v) is 5.62. The van der Waals surface area contributed by atoms with Gasteiger partial charge in [0.25, 0.3) is 5.91 Å². The van der Waals surface area contributed by atoms with Crippen LogP contribution in [-0.2, 0) is 4.79 Å². The Morgan fingerprint density at radius 3 is 2.71 bits per heavy atom. The van der Waals surface area contributed by atoms with E-state index in [1.54, 1.807) is 4.90 Å². The fourth-order valence-electron chi connectivity index (χ4n) is 2.46. The Morgan fingerprint density at radius 2 is 2.05 bits per heavy atom. The number of ketones is 1. The van der Waals surface area contributed by atoms with E-state index in [2.05, 4.69) is 10.3 Å². The van der Waals surface area contributed by atoms with Crippen molar-refractivity contribution < 1.29 is 9.59 Å². The highest BCUT2D eigenvalue weighted by Gasteiger charge is 2.34. The second kappa shape index (κ2) is 6.63. The number of benzene rings is 1. The van der Waals surface area contributed by atoms with E-state index in [1.165, 1.54) is 6.34 Å². The number of Topliss-reactive ketones (excluding diaryl/α,β-unsaturated/α-hetero) is 1. The Morgan fingerprint density at radius 1 is 1.33 bits per heavy atom. The van der Waals surface area contributed by atoms with Gasteiger partial charge in [-0.25, -0.2) is 4.99 Å². The topological polar surface area (TPSA) is 61.8 Å². The highest BCUT2D eigenvalue weighted by molar-refractivity contribution is 6.00. The van der Waals surface area contributed by atoms with Gasteiger partial charge in [0.1, 0.15) is 0 Å². The Labute approximate surface area is 125 Å². The lowest BCUT2D eigenvalue weighted by Gasteiger charge is -2.10. The van der Waals surface area contributed by atoms with E-state index in [1.807, 2.05) is 45.3 Å². The van der Waals surface area contributed by atoms with Crippen molar-refractivity contribution >= 4 is 18.0 Å². The summed E-state index contributed by atoms with van der Waals surface area (Å²) in [7, 11) is 3.62. The van der Waals surface area contributed by atoms with Gasteiger partial charge in [0, 0.05) is 32.1 Å². The molecule has 2 unspecified atom stereocenters. The molecule has 112 valence electrons. The van der Waals surface area contributed by atoms with Crippen molar-refractivity contribution in [3.63, 3.8) is 0 Å². The first-order valence-corrected chi connectivity index (χ1v) is 7.06. The van der Waals surface area contributed by atoms with Gasteiger partial charge in [-0.15, -0.1) is 0 Å². The highest BCUT2D eigenvalue weighted by Crippen LogP contribution is 2.21. The molecule has 1 aromatic rings. The molecular formula is C16H21N3O2. The minimum absolute atomic E-state index is 0.104. The van der Waals surface area contributed by atoms with Crippen molar-refractivity contribution in [1.82, 2.24) is 10.2 Å². The van der Waals surface area contributed by atoms with Gasteiger partial charge in [0.2, 0.25) is 0 Å². The summed E-state index contributed by atoms with van der Waals surface area (Å²) in [6.45, 7) is 2.46. The van der Waals surface area contributed by atoms with Crippen LogP contribution in [0.25, 0.3) is 0 Å². The molecule has 0 aliphatic carbocycles. The molecule has 0 saturated carbocycles. The summed E-state index contributed by atoms with van der Waals surface area (Å²) >= 11 is 0. The maximum Gasteiger partial charge on any atom is 0.264 e. The van der Waals surface area contributed by atoms with Crippen LogP contribution in [0.15, 0.2) is 29.3 Å². The van der Waals surface area contributed by atoms with Crippen LogP contribution >= 0.6 is 0 Å². The molecule has 1 aromatic carbocycles. The molecule has 0 radical (unpaired) electrons. The first kappa shape index (κ1) is 15.4. The number of nitrogens with zero attached hydrogens (tertiary/aromatic N) is 2. The third kappa shape index (κ3) is 3.76. The predicted octanol–water partition coefficient (Wildman–Crippen LogP) is 1.27. The van der Waals surface area contributed by atoms with Crippen molar-refractivity contribution in [3.8, 4) is 0 Å². The van der Waals surface area contributed by atoms with Gasteiger partial charge in [-0.3, -0.25) is 9.59 Å². The molecule has 2 atom stereocenters. The fourth-order valence-corrected chi connectivity index (χ4v) is 2.46. The summed E-state index contributed by atoms with van der Waals surface area (Å²) in [6, 6.07) is 7.20. The van der Waals surface area contributed by atoms with Gasteiger partial charge in [0.05, 0.1) is 12.4 Å². The fraction of sp³-hybridized carbons (Fsp3) is 0.438. The van der Waals surface area contributed by atoms with Crippen molar-refractivity contribution in [2.45, 2.75) is 19.4 Å². The largest absolute Gasteiger partial charge is 0.369 e. The molecule has 1 aliphatic heterocycles. The molecule has 0 aromatic heterocycles. The van der Waals surface area contributed by atoms with Crippen LogP contribution in [0.3, 0.4) is 0 Å². The van der Waals surface area contributed by atoms with Crippen LogP contribution in [-0.4, -0.2) is 49.6 Å². The average Bonchev–Trinajstić information content (AvgIpc) is 2.94. The van der Waals surface area contributed by atoms with Crippen LogP contribution in [0.5, 0.6) is 0 Å². The zero-order valence-corrected chi connectivity index (χ0v) is 12.7. The van der Waals surface area contributed by atoms with Crippen LogP contribution in [0.4, 0.5) is 0 Å². The zero-order chi connectivity index (χ0) is 15.4. The van der Waals surface area contributed by atoms with Gasteiger partial charge in [-0.2, -0.15) is 0 Å². The molecule has 21 heavy (non-hydrogen) atoms. The summed E-state index contributed by atoms with van der Waals surface area (Å²) in [5.41, 5.74) is 1.72. The summed E-state index contributed by atoms with van der Waals surface area (Å²) in [5, 5.41) is 3.10. The Kier molecular flexibility index (Phi) is 4.85. The number of carbonyl (C=O) groups is 2. The van der Waals surface area contributed by atoms with E-state index in [0.29, 0.717) is 13.0 Å². The van der Waals surface area contributed by atoms with E-state index >= 15 is 0 Å². The van der Waals surface area contributed by atoms with Crippen LogP contribution in [0.2, 0.25) is 0 Å². The number of aryl methyl sites for hydroxylation is 1. The number of hydrogen-bond donors (Lipinski definition) is 1. The molecule has 0 spiro atoms. The zero-order valence-electron chi connectivity index (χ0n) is 12.7. The SMILES string of the molecule is Cc1ccccc1C(=O)C1CNC(C(=O)N=CN(C)C)C1. The lowest BCUT2D eigenvalue weighted by molar-refractivity contribution is -0.119. The van der Waals surface area contributed by atoms with Gasteiger partial charge < -0.3 is 10.2 Å². The number of aliphatic imine (C=N–C) groups is 1. The maximum atomic E-state index is 12.5. The van der Waals surface area contributed by atoms with Crippen LogP contribution in [0.1, 0.15) is 22.3 Å². The number of rotatable bonds is 4. The summed E-state index contributed by atoms with van der Waals surface area (Å²) in [5.74, 6) is -0.272. The van der Waals surface area contributed by atoms with Gasteiger partial charge in [-0.1, -0.05) is 24.3 Å². The monoisotopic (exact) mass is 287 g/mol. The second-order valence-electron chi connectivity index (χ2n) is 5.62. The molecule has 5 nitrogen and oxygen atoms in total.